The van der Waals surface area contributed by atoms with Crippen LogP contribution in [0.2, 0.25) is 0 Å². The second-order valence-electron chi connectivity index (χ2n) is 4.57. The number of alkyl halides is 2. The molecule has 0 aliphatic carbocycles. The third-order valence-electron chi connectivity index (χ3n) is 3.12. The molecule has 0 amide bonds. The first-order valence-electron chi connectivity index (χ1n) is 6.34. The van der Waals surface area contributed by atoms with Crippen molar-refractivity contribution in [3.05, 3.63) is 72.6 Å². The third kappa shape index (κ3) is 4.48. The highest BCUT2D eigenvalue weighted by molar-refractivity contribution is 8.02. The summed E-state index contributed by atoms with van der Waals surface area (Å²) < 4.78 is -0.489. The Hall–Kier alpha value is -1.00. The summed E-state index contributed by atoms with van der Waals surface area (Å²) in [5, 5.41) is 10.8. The van der Waals surface area contributed by atoms with Gasteiger partial charge in [0.1, 0.15) is 5.60 Å². The van der Waals surface area contributed by atoms with E-state index in [1.165, 1.54) is 11.8 Å². The van der Waals surface area contributed by atoms with Crippen LogP contribution >= 0.6 is 35.0 Å². The predicted molar refractivity (Wildman–Crippen MR) is 89.8 cm³/mol. The minimum atomic E-state index is -1.13. The molecule has 1 unspecified atom stereocenters. The zero-order chi connectivity index (χ0) is 15.3. The van der Waals surface area contributed by atoms with Gasteiger partial charge in [-0.3, -0.25) is 4.98 Å². The molecule has 0 spiro atoms. The predicted octanol–water partition coefficient (Wildman–Crippen LogP) is 4.55. The van der Waals surface area contributed by atoms with Crippen LogP contribution in [0, 0.1) is 0 Å². The van der Waals surface area contributed by atoms with Gasteiger partial charge in [-0.05, 0) is 23.8 Å². The van der Waals surface area contributed by atoms with Crippen LogP contribution in [-0.4, -0.2) is 14.3 Å². The van der Waals surface area contributed by atoms with Crippen molar-refractivity contribution in [2.24, 2.45) is 0 Å². The molecule has 1 aromatic heterocycles. The Labute approximate surface area is 138 Å². The number of aliphatic hydroxyl groups is 1. The van der Waals surface area contributed by atoms with Crippen LogP contribution in [0.1, 0.15) is 11.1 Å². The van der Waals surface area contributed by atoms with E-state index in [9.17, 15) is 5.11 Å². The fourth-order valence-corrected chi connectivity index (χ4v) is 3.13. The van der Waals surface area contributed by atoms with E-state index < -0.39 is 9.77 Å². The number of rotatable bonds is 6. The van der Waals surface area contributed by atoms with Crippen molar-refractivity contribution in [3.63, 3.8) is 0 Å². The lowest BCUT2D eigenvalue weighted by Gasteiger charge is -2.24. The third-order valence-corrected chi connectivity index (χ3v) is 4.38. The van der Waals surface area contributed by atoms with Gasteiger partial charge in [0.2, 0.25) is 0 Å². The molecule has 2 aromatic rings. The highest BCUT2D eigenvalue weighted by Crippen LogP contribution is 2.30. The lowest BCUT2D eigenvalue weighted by Crippen LogP contribution is -2.25. The van der Waals surface area contributed by atoms with E-state index in [4.69, 9.17) is 23.2 Å². The Morgan fingerprint density at radius 3 is 2.52 bits per heavy atom. The summed E-state index contributed by atoms with van der Waals surface area (Å²) in [6, 6.07) is 11.4. The lowest BCUT2D eigenvalue weighted by molar-refractivity contribution is 0.0898. The van der Waals surface area contributed by atoms with E-state index in [-0.39, 0.29) is 0 Å². The van der Waals surface area contributed by atoms with Gasteiger partial charge < -0.3 is 5.11 Å². The van der Waals surface area contributed by atoms with Gasteiger partial charge in [0, 0.05) is 29.3 Å². The van der Waals surface area contributed by atoms with E-state index in [0.717, 1.165) is 16.0 Å². The van der Waals surface area contributed by atoms with Crippen molar-refractivity contribution in [2.45, 2.75) is 21.1 Å². The number of pyridine rings is 1. The summed E-state index contributed by atoms with van der Waals surface area (Å²) in [6.45, 7) is 3.75. The Morgan fingerprint density at radius 2 is 2.00 bits per heavy atom. The summed E-state index contributed by atoms with van der Waals surface area (Å²) >= 11 is 12.8. The molecule has 0 radical (unpaired) electrons. The van der Waals surface area contributed by atoms with Crippen molar-refractivity contribution in [1.82, 2.24) is 4.98 Å². The maximum absolute atomic E-state index is 10.8. The first-order valence-corrected chi connectivity index (χ1v) is 8.09. The fourth-order valence-electron chi connectivity index (χ4n) is 2.01. The maximum Gasteiger partial charge on any atom is 0.157 e. The van der Waals surface area contributed by atoms with Gasteiger partial charge in [0.05, 0.1) is 0 Å². The molecule has 1 heterocycles. The zero-order valence-electron chi connectivity index (χ0n) is 11.2. The molecule has 110 valence electrons. The first kappa shape index (κ1) is 16.4. The van der Waals surface area contributed by atoms with Crippen molar-refractivity contribution >= 4 is 35.0 Å². The topological polar surface area (TPSA) is 33.1 Å². The number of nitrogens with zero attached hydrogens (tertiary/aromatic N) is 1. The van der Waals surface area contributed by atoms with Crippen molar-refractivity contribution < 1.29 is 5.11 Å². The van der Waals surface area contributed by atoms with Gasteiger partial charge >= 0.3 is 0 Å². The van der Waals surface area contributed by atoms with Crippen LogP contribution in [0.25, 0.3) is 0 Å². The normalized spacial score (nSPS) is 13.9. The summed E-state index contributed by atoms with van der Waals surface area (Å²) in [4.78, 5) is 5.03. The van der Waals surface area contributed by atoms with Gasteiger partial charge in [-0.2, -0.15) is 0 Å². The Morgan fingerprint density at radius 1 is 1.29 bits per heavy atom. The molecule has 1 atom stereocenters. The number of hydrogen-bond donors (Lipinski definition) is 1. The summed E-state index contributed by atoms with van der Waals surface area (Å²) in [6.07, 6.45) is 5.30. The molecule has 0 aliphatic heterocycles. The monoisotopic (exact) mass is 339 g/mol. The van der Waals surface area contributed by atoms with Crippen molar-refractivity contribution in [3.8, 4) is 0 Å². The summed E-state index contributed by atoms with van der Waals surface area (Å²) in [5.41, 5.74) is 0.580. The Bertz CT molecular complexity index is 589. The minimum Gasteiger partial charge on any atom is -0.381 e. The highest BCUT2D eigenvalue weighted by Gasteiger charge is 2.26. The molecule has 0 saturated heterocycles. The van der Waals surface area contributed by atoms with Crippen LogP contribution in [0.3, 0.4) is 0 Å². The SMILES string of the molecule is C=CC(O)(Cc1ccc(SC(Cl)Cl)cc1)c1cccnc1. The van der Waals surface area contributed by atoms with Crippen LogP contribution in [0.4, 0.5) is 0 Å². The number of thioether (sulfide) groups is 1. The number of aromatic nitrogens is 1. The van der Waals surface area contributed by atoms with E-state index in [2.05, 4.69) is 11.6 Å². The average Bonchev–Trinajstić information content (AvgIpc) is 2.49. The maximum atomic E-state index is 10.8. The van der Waals surface area contributed by atoms with E-state index in [1.54, 1.807) is 24.5 Å². The molecule has 0 fully saturated rings. The second kappa shape index (κ2) is 7.32. The molecule has 1 aromatic carbocycles. The largest absolute Gasteiger partial charge is 0.381 e. The van der Waals surface area contributed by atoms with Gasteiger partial charge in [-0.25, -0.2) is 0 Å². The van der Waals surface area contributed by atoms with E-state index >= 15 is 0 Å². The fraction of sp³-hybridized carbons (Fsp3) is 0.188. The average molecular weight is 340 g/mol. The van der Waals surface area contributed by atoms with Gasteiger partial charge in [0.15, 0.2) is 4.17 Å². The second-order valence-corrected chi connectivity index (χ2v) is 7.36. The van der Waals surface area contributed by atoms with E-state index in [0.29, 0.717) is 6.42 Å². The molecular formula is C16H15Cl2NOS. The highest BCUT2D eigenvalue weighted by atomic mass is 35.5. The molecule has 0 bridgehead atoms. The summed E-state index contributed by atoms with van der Waals surface area (Å²) in [5.74, 6) is 0. The summed E-state index contributed by atoms with van der Waals surface area (Å²) in [7, 11) is 0. The standard InChI is InChI=1S/C16H15Cl2NOS/c1-2-16(20,13-4-3-9-19-11-13)10-12-5-7-14(8-6-12)21-15(17)18/h2-9,11,15,20H,1,10H2. The zero-order valence-corrected chi connectivity index (χ0v) is 13.6. The van der Waals surface area contributed by atoms with Crippen LogP contribution in [-0.2, 0) is 12.0 Å². The van der Waals surface area contributed by atoms with Crippen LogP contribution in [0.15, 0.2) is 66.3 Å². The van der Waals surface area contributed by atoms with Gasteiger partial charge in [0.25, 0.3) is 0 Å². The number of hydrogen-bond acceptors (Lipinski definition) is 3. The van der Waals surface area contributed by atoms with Crippen molar-refractivity contribution in [2.75, 3.05) is 0 Å². The minimum absolute atomic E-state index is 0.429. The van der Waals surface area contributed by atoms with Gasteiger partial charge in [-0.1, -0.05) is 65.8 Å². The molecule has 2 nitrogen and oxygen atoms in total. The lowest BCUT2D eigenvalue weighted by atomic mass is 9.88. The van der Waals surface area contributed by atoms with E-state index in [1.807, 2.05) is 30.3 Å². The van der Waals surface area contributed by atoms with Gasteiger partial charge in [-0.15, -0.1) is 0 Å². The first-order chi connectivity index (χ1) is 10.0. The molecule has 1 N–H and O–H groups in total. The Balaban J connectivity index is 2.17. The Kier molecular flexibility index (Phi) is 5.71. The smallest absolute Gasteiger partial charge is 0.157 e. The molecule has 21 heavy (non-hydrogen) atoms. The molecular weight excluding hydrogens is 325 g/mol. The number of benzene rings is 1. The molecule has 0 aliphatic rings. The van der Waals surface area contributed by atoms with Crippen LogP contribution < -0.4 is 0 Å². The molecule has 0 saturated carbocycles. The van der Waals surface area contributed by atoms with Crippen molar-refractivity contribution in [1.29, 1.82) is 0 Å². The quantitative estimate of drug-likeness (QED) is 0.476. The molecule has 2 rings (SSSR count). The molecule has 5 heteroatoms. The number of halogens is 2. The van der Waals surface area contributed by atoms with Crippen LogP contribution in [0.5, 0.6) is 0 Å².